The Morgan fingerprint density at radius 2 is 1.86 bits per heavy atom. The fourth-order valence-electron chi connectivity index (χ4n) is 1.99. The van der Waals surface area contributed by atoms with E-state index in [9.17, 15) is 0 Å². The summed E-state index contributed by atoms with van der Waals surface area (Å²) in [5.74, 6) is 0.865. The van der Waals surface area contributed by atoms with Crippen LogP contribution in [0, 0.1) is 0 Å². The summed E-state index contributed by atoms with van der Waals surface area (Å²) < 4.78 is 0. The molecular formula is C16H21ClN4. The number of hydrogen-bond donors (Lipinski definition) is 1. The van der Waals surface area contributed by atoms with Crippen LogP contribution in [0.4, 0.5) is 5.82 Å². The minimum absolute atomic E-state index is 0.755. The highest BCUT2D eigenvalue weighted by molar-refractivity contribution is 6.30. The van der Waals surface area contributed by atoms with Crippen LogP contribution in [0.1, 0.15) is 24.6 Å². The number of nitrogens with one attached hydrogen (secondary N) is 1. The van der Waals surface area contributed by atoms with E-state index >= 15 is 0 Å². The van der Waals surface area contributed by atoms with Gasteiger partial charge in [-0.3, -0.25) is 0 Å². The average molecular weight is 305 g/mol. The third-order valence-corrected chi connectivity index (χ3v) is 3.41. The average Bonchev–Trinajstić information content (AvgIpc) is 2.50. The zero-order valence-electron chi connectivity index (χ0n) is 12.5. The predicted octanol–water partition coefficient (Wildman–Crippen LogP) is 3.27. The molecule has 1 aromatic carbocycles. The van der Waals surface area contributed by atoms with Gasteiger partial charge in [-0.2, -0.15) is 5.10 Å². The minimum atomic E-state index is 0.755. The van der Waals surface area contributed by atoms with Crippen molar-refractivity contribution in [2.45, 2.75) is 26.4 Å². The maximum atomic E-state index is 5.89. The normalized spacial score (nSPS) is 10.6. The van der Waals surface area contributed by atoms with Gasteiger partial charge in [-0.25, -0.2) is 0 Å². The second-order valence-electron chi connectivity index (χ2n) is 5.04. The van der Waals surface area contributed by atoms with Gasteiger partial charge in [0, 0.05) is 25.2 Å². The third-order valence-electron chi connectivity index (χ3n) is 3.16. The molecule has 5 heteroatoms. The molecule has 0 radical (unpaired) electrons. The lowest BCUT2D eigenvalue weighted by molar-refractivity contribution is 0.656. The number of nitrogens with zero attached hydrogens (tertiary/aromatic N) is 3. The maximum absolute atomic E-state index is 5.89. The van der Waals surface area contributed by atoms with Crippen molar-refractivity contribution in [3.05, 3.63) is 52.7 Å². The van der Waals surface area contributed by atoms with Crippen LogP contribution in [0.15, 0.2) is 36.4 Å². The van der Waals surface area contributed by atoms with Crippen molar-refractivity contribution in [3.63, 3.8) is 0 Å². The van der Waals surface area contributed by atoms with Gasteiger partial charge in [-0.1, -0.05) is 30.7 Å². The van der Waals surface area contributed by atoms with Crippen LogP contribution in [-0.2, 0) is 13.1 Å². The van der Waals surface area contributed by atoms with E-state index in [-0.39, 0.29) is 0 Å². The highest BCUT2D eigenvalue weighted by Crippen LogP contribution is 2.14. The van der Waals surface area contributed by atoms with E-state index in [1.54, 1.807) is 0 Å². The number of halogens is 1. The van der Waals surface area contributed by atoms with Gasteiger partial charge in [0.2, 0.25) is 0 Å². The molecule has 0 fully saturated rings. The second kappa shape index (κ2) is 7.96. The predicted molar refractivity (Wildman–Crippen MR) is 87.6 cm³/mol. The lowest BCUT2D eigenvalue weighted by atomic mass is 10.2. The van der Waals surface area contributed by atoms with Crippen LogP contribution in [0.3, 0.4) is 0 Å². The second-order valence-corrected chi connectivity index (χ2v) is 5.48. The van der Waals surface area contributed by atoms with Gasteiger partial charge >= 0.3 is 0 Å². The van der Waals surface area contributed by atoms with E-state index < -0.39 is 0 Å². The molecule has 1 aromatic heterocycles. The summed E-state index contributed by atoms with van der Waals surface area (Å²) in [5, 5.41) is 12.6. The summed E-state index contributed by atoms with van der Waals surface area (Å²) in [5.41, 5.74) is 2.16. The molecule has 1 heterocycles. The van der Waals surface area contributed by atoms with Crippen LogP contribution in [-0.4, -0.2) is 23.8 Å². The highest BCUT2D eigenvalue weighted by Gasteiger charge is 2.05. The Balaban J connectivity index is 1.93. The molecule has 0 aliphatic rings. The largest absolute Gasteiger partial charge is 0.354 e. The Bertz CT molecular complexity index is 539. The summed E-state index contributed by atoms with van der Waals surface area (Å²) in [6, 6.07) is 11.9. The van der Waals surface area contributed by atoms with E-state index in [0.29, 0.717) is 0 Å². The topological polar surface area (TPSA) is 41.0 Å². The highest BCUT2D eigenvalue weighted by atomic mass is 35.5. The molecule has 0 saturated carbocycles. The molecule has 0 atom stereocenters. The Kier molecular flexibility index (Phi) is 5.96. The molecule has 2 aromatic rings. The molecule has 0 spiro atoms. The lowest BCUT2D eigenvalue weighted by Crippen LogP contribution is -2.19. The summed E-state index contributed by atoms with van der Waals surface area (Å²) in [6.45, 7) is 4.69. The van der Waals surface area contributed by atoms with Crippen LogP contribution in [0.2, 0.25) is 5.02 Å². The van der Waals surface area contributed by atoms with E-state index in [1.165, 1.54) is 5.56 Å². The summed E-state index contributed by atoms with van der Waals surface area (Å²) in [7, 11) is 2.01. The van der Waals surface area contributed by atoms with Gasteiger partial charge in [-0.15, -0.1) is 5.10 Å². The third kappa shape index (κ3) is 4.99. The first-order valence-corrected chi connectivity index (χ1v) is 7.55. The van der Waals surface area contributed by atoms with Crippen molar-refractivity contribution < 1.29 is 0 Å². The van der Waals surface area contributed by atoms with Gasteiger partial charge in [0.1, 0.15) is 0 Å². The van der Waals surface area contributed by atoms with Crippen LogP contribution >= 0.6 is 11.6 Å². The molecule has 4 nitrogen and oxygen atoms in total. The summed E-state index contributed by atoms with van der Waals surface area (Å²) in [6.07, 6.45) is 1.12. The quantitative estimate of drug-likeness (QED) is 0.797. The Morgan fingerprint density at radius 1 is 1.10 bits per heavy atom. The Labute approximate surface area is 131 Å². The van der Waals surface area contributed by atoms with Crippen molar-refractivity contribution in [1.82, 2.24) is 15.5 Å². The first-order chi connectivity index (χ1) is 10.2. The summed E-state index contributed by atoms with van der Waals surface area (Å²) >= 11 is 5.89. The molecule has 1 N–H and O–H groups in total. The lowest BCUT2D eigenvalue weighted by Gasteiger charge is -2.17. The van der Waals surface area contributed by atoms with Gasteiger partial charge < -0.3 is 10.2 Å². The van der Waals surface area contributed by atoms with Gasteiger partial charge in [0.05, 0.1) is 5.69 Å². The van der Waals surface area contributed by atoms with Crippen molar-refractivity contribution in [2.24, 2.45) is 0 Å². The first kappa shape index (κ1) is 15.7. The standard InChI is InChI=1S/C16H21ClN4/c1-3-10-18-11-15-8-9-16(20-19-15)21(2)12-13-4-6-14(17)7-5-13/h4-9,18H,3,10-12H2,1-2H3. The molecule has 0 saturated heterocycles. The van der Waals surface area contributed by atoms with Crippen LogP contribution in [0.25, 0.3) is 0 Å². The zero-order valence-corrected chi connectivity index (χ0v) is 13.3. The number of benzene rings is 1. The zero-order chi connectivity index (χ0) is 15.1. The molecule has 21 heavy (non-hydrogen) atoms. The maximum Gasteiger partial charge on any atom is 0.151 e. The van der Waals surface area contributed by atoms with E-state index in [4.69, 9.17) is 11.6 Å². The van der Waals surface area contributed by atoms with Gasteiger partial charge in [-0.05, 0) is 42.8 Å². The van der Waals surface area contributed by atoms with Crippen molar-refractivity contribution in [1.29, 1.82) is 0 Å². The van der Waals surface area contributed by atoms with Crippen LogP contribution in [0.5, 0.6) is 0 Å². The monoisotopic (exact) mass is 304 g/mol. The number of anilines is 1. The van der Waals surface area contributed by atoms with E-state index in [0.717, 1.165) is 42.6 Å². The molecule has 0 aliphatic carbocycles. The Hall–Kier alpha value is -1.65. The molecule has 0 bridgehead atoms. The SMILES string of the molecule is CCCNCc1ccc(N(C)Cc2ccc(Cl)cc2)nn1. The summed E-state index contributed by atoms with van der Waals surface area (Å²) in [4.78, 5) is 2.07. The van der Waals surface area contributed by atoms with E-state index in [2.05, 4.69) is 27.3 Å². The first-order valence-electron chi connectivity index (χ1n) is 7.18. The fourth-order valence-corrected chi connectivity index (χ4v) is 2.11. The van der Waals surface area contributed by atoms with Crippen molar-refractivity contribution in [2.75, 3.05) is 18.5 Å². The molecule has 0 amide bonds. The molecular weight excluding hydrogens is 284 g/mol. The smallest absolute Gasteiger partial charge is 0.151 e. The number of rotatable bonds is 7. The number of aromatic nitrogens is 2. The Morgan fingerprint density at radius 3 is 2.48 bits per heavy atom. The van der Waals surface area contributed by atoms with Crippen molar-refractivity contribution >= 4 is 17.4 Å². The molecule has 112 valence electrons. The minimum Gasteiger partial charge on any atom is -0.354 e. The molecule has 0 unspecified atom stereocenters. The molecule has 0 aliphatic heterocycles. The number of hydrogen-bond acceptors (Lipinski definition) is 4. The van der Waals surface area contributed by atoms with E-state index in [1.807, 2.05) is 43.4 Å². The fraction of sp³-hybridized carbons (Fsp3) is 0.375. The van der Waals surface area contributed by atoms with Crippen molar-refractivity contribution in [3.8, 4) is 0 Å². The van der Waals surface area contributed by atoms with Crippen LogP contribution < -0.4 is 10.2 Å². The van der Waals surface area contributed by atoms with Gasteiger partial charge in [0.25, 0.3) is 0 Å². The van der Waals surface area contributed by atoms with Gasteiger partial charge in [0.15, 0.2) is 5.82 Å². The molecule has 2 rings (SSSR count).